The maximum atomic E-state index is 12.2. The van der Waals surface area contributed by atoms with Gasteiger partial charge in [-0.05, 0) is 25.1 Å². The number of non-ortho nitro benzene ring substituents is 1. The van der Waals surface area contributed by atoms with Crippen molar-refractivity contribution in [3.8, 4) is 11.5 Å². The van der Waals surface area contributed by atoms with Crippen LogP contribution in [0, 0.1) is 10.1 Å². The molecule has 9 heteroatoms. The second-order valence-electron chi connectivity index (χ2n) is 5.83. The smallest absolute Gasteiger partial charge is 0.280 e. The number of rotatable bonds is 6. The van der Waals surface area contributed by atoms with Crippen LogP contribution in [0.5, 0.6) is 11.5 Å². The molecule has 3 aromatic rings. The third kappa shape index (κ3) is 4.21. The van der Waals surface area contributed by atoms with Crippen LogP contribution in [0.15, 0.2) is 59.8 Å². The number of phenols is 1. The number of hydrazone groups is 1. The summed E-state index contributed by atoms with van der Waals surface area (Å²) in [5.41, 5.74) is 2.81. The average Bonchev–Trinajstić information content (AvgIpc) is 2.69. The number of benzene rings is 2. The number of nitrogens with one attached hydrogen (secondary N) is 1. The second-order valence-corrected chi connectivity index (χ2v) is 5.83. The molecule has 0 unspecified atom stereocenters. The Morgan fingerprint density at radius 1 is 1.32 bits per heavy atom. The molecular formula is C19H16N4O5. The van der Waals surface area contributed by atoms with Crippen molar-refractivity contribution in [3.63, 3.8) is 0 Å². The van der Waals surface area contributed by atoms with Crippen LogP contribution in [0.4, 0.5) is 5.69 Å². The molecule has 1 heterocycles. The lowest BCUT2D eigenvalue weighted by atomic mass is 10.2. The zero-order chi connectivity index (χ0) is 20.1. The topological polar surface area (TPSA) is 127 Å². The van der Waals surface area contributed by atoms with Crippen LogP contribution >= 0.6 is 0 Å². The van der Waals surface area contributed by atoms with E-state index in [-0.39, 0.29) is 17.0 Å². The first kappa shape index (κ1) is 18.8. The molecule has 0 aliphatic heterocycles. The van der Waals surface area contributed by atoms with E-state index < -0.39 is 16.9 Å². The molecule has 2 aromatic carbocycles. The summed E-state index contributed by atoms with van der Waals surface area (Å²) < 4.78 is 5.68. The summed E-state index contributed by atoms with van der Waals surface area (Å²) in [7, 11) is 0. The minimum Gasteiger partial charge on any atom is -0.507 e. The number of hydrogen-bond donors (Lipinski definition) is 2. The molecule has 0 aliphatic rings. The van der Waals surface area contributed by atoms with Crippen molar-refractivity contribution in [1.29, 1.82) is 0 Å². The molecule has 1 atom stereocenters. The summed E-state index contributed by atoms with van der Waals surface area (Å²) in [5.74, 6) is -0.273. The van der Waals surface area contributed by atoms with E-state index in [9.17, 15) is 20.0 Å². The number of pyridine rings is 1. The van der Waals surface area contributed by atoms with Crippen LogP contribution < -0.4 is 10.2 Å². The molecule has 3 rings (SSSR count). The molecule has 0 aliphatic carbocycles. The quantitative estimate of drug-likeness (QED) is 0.385. The van der Waals surface area contributed by atoms with E-state index >= 15 is 0 Å². The van der Waals surface area contributed by atoms with Gasteiger partial charge in [-0.15, -0.1) is 0 Å². The molecule has 2 N–H and O–H groups in total. The molecule has 0 saturated heterocycles. The number of aromatic hydroxyl groups is 1. The summed E-state index contributed by atoms with van der Waals surface area (Å²) in [4.78, 5) is 26.6. The van der Waals surface area contributed by atoms with Gasteiger partial charge in [0, 0.05) is 29.3 Å². The summed E-state index contributed by atoms with van der Waals surface area (Å²) in [6, 6.07) is 12.6. The van der Waals surface area contributed by atoms with E-state index in [2.05, 4.69) is 15.5 Å². The van der Waals surface area contributed by atoms with Gasteiger partial charge in [0.25, 0.3) is 11.6 Å². The average molecular weight is 380 g/mol. The molecular weight excluding hydrogens is 364 g/mol. The van der Waals surface area contributed by atoms with Crippen molar-refractivity contribution >= 4 is 28.7 Å². The highest BCUT2D eigenvalue weighted by Gasteiger charge is 2.16. The standard InChI is InChI=1S/C19H16N4O5/c1-12(28-17-6-2-4-13-5-3-9-20-18(13)17)19(25)22-21-11-14-10-15(23(26)27)7-8-16(14)24/h2-12,24H,1H3,(H,22,25)/b21-11+/t12-/m1/s1. The first-order chi connectivity index (χ1) is 13.5. The van der Waals surface area contributed by atoms with Gasteiger partial charge in [-0.3, -0.25) is 19.9 Å². The maximum absolute atomic E-state index is 12.2. The van der Waals surface area contributed by atoms with E-state index in [1.165, 1.54) is 12.1 Å². The van der Waals surface area contributed by atoms with Gasteiger partial charge in [0.2, 0.25) is 0 Å². The predicted molar refractivity (Wildman–Crippen MR) is 102 cm³/mol. The number of hydrogen-bond acceptors (Lipinski definition) is 7. The maximum Gasteiger partial charge on any atom is 0.280 e. The summed E-state index contributed by atoms with van der Waals surface area (Å²) >= 11 is 0. The fourth-order valence-corrected chi connectivity index (χ4v) is 2.43. The SMILES string of the molecule is C[C@@H](Oc1cccc2cccnc12)C(=O)N/N=C/c1cc([N+](=O)[O-])ccc1O. The van der Waals surface area contributed by atoms with Crippen molar-refractivity contribution in [1.82, 2.24) is 10.4 Å². The van der Waals surface area contributed by atoms with Crippen LogP contribution in [0.1, 0.15) is 12.5 Å². The van der Waals surface area contributed by atoms with Crippen LogP contribution in [0.2, 0.25) is 0 Å². The molecule has 1 aromatic heterocycles. The summed E-state index contributed by atoms with van der Waals surface area (Å²) in [6.07, 6.45) is 1.88. The highest BCUT2D eigenvalue weighted by atomic mass is 16.6. The predicted octanol–water partition coefficient (Wildman–Crippen LogP) is 2.77. The number of phenolic OH excluding ortho intramolecular Hbond substituents is 1. The fraction of sp³-hybridized carbons (Fsp3) is 0.105. The number of aromatic nitrogens is 1. The van der Waals surface area contributed by atoms with Gasteiger partial charge >= 0.3 is 0 Å². The highest BCUT2D eigenvalue weighted by Crippen LogP contribution is 2.24. The Bertz CT molecular complexity index is 1060. The molecule has 28 heavy (non-hydrogen) atoms. The van der Waals surface area contributed by atoms with E-state index in [4.69, 9.17) is 4.74 Å². The number of amides is 1. The minimum absolute atomic E-state index is 0.0984. The highest BCUT2D eigenvalue weighted by molar-refractivity contribution is 5.88. The number of nitrogens with zero attached hydrogens (tertiary/aromatic N) is 3. The molecule has 0 spiro atoms. The zero-order valence-electron chi connectivity index (χ0n) is 14.8. The Kier molecular flexibility index (Phi) is 5.45. The number of carbonyl (C=O) groups excluding carboxylic acids is 1. The Labute approximate surface area is 159 Å². The minimum atomic E-state index is -0.872. The van der Waals surface area contributed by atoms with Crippen LogP contribution in [-0.2, 0) is 4.79 Å². The number of nitro groups is 1. The molecule has 142 valence electrons. The first-order valence-electron chi connectivity index (χ1n) is 8.26. The van der Waals surface area contributed by atoms with Gasteiger partial charge in [0.05, 0.1) is 11.1 Å². The Morgan fingerprint density at radius 3 is 2.89 bits per heavy atom. The van der Waals surface area contributed by atoms with Crippen LogP contribution in [0.3, 0.4) is 0 Å². The zero-order valence-corrected chi connectivity index (χ0v) is 14.8. The van der Waals surface area contributed by atoms with E-state index in [1.807, 2.05) is 12.1 Å². The first-order valence-corrected chi connectivity index (χ1v) is 8.26. The van der Waals surface area contributed by atoms with Crippen molar-refractivity contribution in [2.24, 2.45) is 5.10 Å². The van der Waals surface area contributed by atoms with Gasteiger partial charge in [0.15, 0.2) is 6.10 Å². The fourth-order valence-electron chi connectivity index (χ4n) is 2.43. The lowest BCUT2D eigenvalue weighted by Crippen LogP contribution is -2.33. The lowest BCUT2D eigenvalue weighted by molar-refractivity contribution is -0.384. The third-order valence-electron chi connectivity index (χ3n) is 3.87. The molecule has 1 amide bonds. The second kappa shape index (κ2) is 8.12. The van der Waals surface area contributed by atoms with Crippen molar-refractivity contribution in [2.45, 2.75) is 13.0 Å². The monoisotopic (exact) mass is 380 g/mol. The van der Waals surface area contributed by atoms with Gasteiger partial charge in [-0.2, -0.15) is 5.10 Å². The molecule has 0 radical (unpaired) electrons. The molecule has 0 fully saturated rings. The van der Waals surface area contributed by atoms with Gasteiger partial charge in [-0.25, -0.2) is 5.43 Å². The normalized spacial score (nSPS) is 12.0. The van der Waals surface area contributed by atoms with Crippen molar-refractivity contribution in [3.05, 3.63) is 70.4 Å². The number of ether oxygens (including phenoxy) is 1. The summed E-state index contributed by atoms with van der Waals surface area (Å²) in [6.45, 7) is 1.55. The molecule has 9 nitrogen and oxygen atoms in total. The largest absolute Gasteiger partial charge is 0.507 e. The van der Waals surface area contributed by atoms with Crippen LogP contribution in [-0.4, -0.2) is 33.2 Å². The van der Waals surface area contributed by atoms with E-state index in [0.717, 1.165) is 17.7 Å². The van der Waals surface area contributed by atoms with E-state index in [1.54, 1.807) is 31.3 Å². The van der Waals surface area contributed by atoms with Crippen LogP contribution in [0.25, 0.3) is 10.9 Å². The van der Waals surface area contributed by atoms with Gasteiger partial charge in [0.1, 0.15) is 17.0 Å². The number of para-hydroxylation sites is 1. The third-order valence-corrected chi connectivity index (χ3v) is 3.87. The van der Waals surface area contributed by atoms with Crippen molar-refractivity contribution < 1.29 is 19.6 Å². The summed E-state index contributed by atoms with van der Waals surface area (Å²) in [5, 5.41) is 25.1. The Balaban J connectivity index is 1.67. The van der Waals surface area contributed by atoms with Gasteiger partial charge < -0.3 is 9.84 Å². The number of nitro benzene ring substituents is 1. The Morgan fingerprint density at radius 2 is 2.11 bits per heavy atom. The number of fused-ring (bicyclic) bond motifs is 1. The Hall–Kier alpha value is -4.01. The van der Waals surface area contributed by atoms with Gasteiger partial charge in [-0.1, -0.05) is 18.2 Å². The van der Waals surface area contributed by atoms with Crippen molar-refractivity contribution in [2.75, 3.05) is 0 Å². The molecule has 0 saturated carbocycles. The molecule has 0 bridgehead atoms. The lowest BCUT2D eigenvalue weighted by Gasteiger charge is -2.14. The number of carbonyl (C=O) groups is 1. The van der Waals surface area contributed by atoms with E-state index in [0.29, 0.717) is 11.3 Å².